The highest BCUT2D eigenvalue weighted by Gasteiger charge is 2.15. The maximum atomic E-state index is 6.23. The van der Waals surface area contributed by atoms with E-state index in [1.807, 2.05) is 52.0 Å². The first kappa shape index (κ1) is 16.8. The Labute approximate surface area is 150 Å². The van der Waals surface area contributed by atoms with E-state index in [4.69, 9.17) is 11.6 Å². The fraction of sp³-hybridized carbons (Fsp3) is 0.235. The van der Waals surface area contributed by atoms with Crippen LogP contribution in [0, 0.1) is 0 Å². The fourth-order valence-corrected chi connectivity index (χ4v) is 3.55. The van der Waals surface area contributed by atoms with Crippen LogP contribution in [0.3, 0.4) is 0 Å². The third kappa shape index (κ3) is 3.55. The predicted molar refractivity (Wildman–Crippen MR) is 98.1 cm³/mol. The van der Waals surface area contributed by atoms with Crippen LogP contribution in [0.2, 0.25) is 5.02 Å². The van der Waals surface area contributed by atoms with Gasteiger partial charge in [0.1, 0.15) is 0 Å². The summed E-state index contributed by atoms with van der Waals surface area (Å²) in [6.07, 6.45) is 5.64. The molecule has 2 heterocycles. The number of aryl methyl sites for hydroxylation is 1. The second kappa shape index (κ2) is 7.68. The van der Waals surface area contributed by atoms with Gasteiger partial charge in [-0.05, 0) is 18.6 Å². The first-order valence-electron chi connectivity index (χ1n) is 7.66. The molecule has 5 nitrogen and oxygen atoms in total. The van der Waals surface area contributed by atoms with Crippen LogP contribution in [0.15, 0.2) is 54.5 Å². The largest absolute Gasteiger partial charge is 0.298 e. The molecule has 0 N–H and O–H groups in total. The number of hydrogen-bond acceptors (Lipinski definition) is 4. The summed E-state index contributed by atoms with van der Waals surface area (Å²) >= 11 is 7.84. The first-order chi connectivity index (χ1) is 11.7. The molecule has 0 saturated heterocycles. The number of nitrogens with zero attached hydrogens (tertiary/aromatic N) is 5. The zero-order valence-corrected chi connectivity index (χ0v) is 15.0. The molecule has 7 heteroatoms. The topological polar surface area (TPSA) is 48.5 Å². The maximum Gasteiger partial charge on any atom is 0.192 e. The minimum Gasteiger partial charge on any atom is -0.298 e. The zero-order chi connectivity index (χ0) is 16.9. The average molecular weight is 360 g/mol. The number of thioether (sulfide) groups is 1. The van der Waals surface area contributed by atoms with Crippen molar-refractivity contribution in [2.75, 3.05) is 0 Å². The smallest absolute Gasteiger partial charge is 0.192 e. The van der Waals surface area contributed by atoms with Crippen molar-refractivity contribution in [3.8, 4) is 11.4 Å². The SMILES string of the molecule is C=CCn1c(SCc2ccccc2Cl)nnc1-c1cnn(CC)c1. The van der Waals surface area contributed by atoms with Crippen LogP contribution in [-0.2, 0) is 18.8 Å². The normalized spacial score (nSPS) is 10.9. The van der Waals surface area contributed by atoms with E-state index in [9.17, 15) is 0 Å². The van der Waals surface area contributed by atoms with Crippen LogP contribution in [0.25, 0.3) is 11.4 Å². The van der Waals surface area contributed by atoms with Crippen LogP contribution in [-0.4, -0.2) is 24.5 Å². The molecule has 0 atom stereocenters. The molecule has 2 aromatic heterocycles. The quantitative estimate of drug-likeness (QED) is 0.466. The minimum atomic E-state index is 0.643. The molecule has 3 rings (SSSR count). The Balaban J connectivity index is 1.85. The van der Waals surface area contributed by atoms with Crippen LogP contribution in [0.5, 0.6) is 0 Å². The van der Waals surface area contributed by atoms with E-state index in [0.29, 0.717) is 6.54 Å². The summed E-state index contributed by atoms with van der Waals surface area (Å²) in [7, 11) is 0. The van der Waals surface area contributed by atoms with Crippen LogP contribution < -0.4 is 0 Å². The molecule has 1 aromatic carbocycles. The Kier molecular flexibility index (Phi) is 5.37. The highest BCUT2D eigenvalue weighted by atomic mass is 35.5. The molecule has 0 amide bonds. The van der Waals surface area contributed by atoms with Crippen molar-refractivity contribution in [3.63, 3.8) is 0 Å². The summed E-state index contributed by atoms with van der Waals surface area (Å²) in [6.45, 7) is 7.36. The van der Waals surface area contributed by atoms with Crippen molar-refractivity contribution in [2.24, 2.45) is 0 Å². The van der Waals surface area contributed by atoms with Gasteiger partial charge in [0.2, 0.25) is 0 Å². The van der Waals surface area contributed by atoms with E-state index < -0.39 is 0 Å². The lowest BCUT2D eigenvalue weighted by Gasteiger charge is -2.07. The molecule has 124 valence electrons. The molecule has 3 aromatic rings. The Morgan fingerprint density at radius 2 is 2.12 bits per heavy atom. The van der Waals surface area contributed by atoms with Gasteiger partial charge in [0, 0.05) is 30.1 Å². The Morgan fingerprint density at radius 3 is 2.83 bits per heavy atom. The number of hydrogen-bond donors (Lipinski definition) is 0. The zero-order valence-electron chi connectivity index (χ0n) is 13.4. The van der Waals surface area contributed by atoms with Crippen molar-refractivity contribution < 1.29 is 0 Å². The molecule has 0 aliphatic carbocycles. The first-order valence-corrected chi connectivity index (χ1v) is 9.02. The monoisotopic (exact) mass is 359 g/mol. The maximum absolute atomic E-state index is 6.23. The van der Waals surface area contributed by atoms with Crippen molar-refractivity contribution in [1.29, 1.82) is 0 Å². The molecule has 24 heavy (non-hydrogen) atoms. The van der Waals surface area contributed by atoms with Crippen LogP contribution in [0.4, 0.5) is 0 Å². The molecular formula is C17H18ClN5S. The van der Waals surface area contributed by atoms with Gasteiger partial charge in [0.15, 0.2) is 11.0 Å². The van der Waals surface area contributed by atoms with E-state index in [2.05, 4.69) is 28.8 Å². The Bertz CT molecular complexity index is 839. The summed E-state index contributed by atoms with van der Waals surface area (Å²) in [4.78, 5) is 0. The Morgan fingerprint density at radius 1 is 1.29 bits per heavy atom. The van der Waals surface area contributed by atoms with Crippen LogP contribution in [0.1, 0.15) is 12.5 Å². The van der Waals surface area contributed by atoms with Gasteiger partial charge in [-0.25, -0.2) is 0 Å². The lowest BCUT2D eigenvalue weighted by Crippen LogP contribution is -2.00. The van der Waals surface area contributed by atoms with Crippen LogP contribution >= 0.6 is 23.4 Å². The highest BCUT2D eigenvalue weighted by molar-refractivity contribution is 7.98. The number of aromatic nitrogens is 5. The van der Waals surface area contributed by atoms with E-state index in [1.165, 1.54) is 0 Å². The minimum absolute atomic E-state index is 0.643. The fourth-order valence-electron chi connectivity index (χ4n) is 2.31. The molecule has 0 aliphatic heterocycles. The summed E-state index contributed by atoms with van der Waals surface area (Å²) in [5.74, 6) is 1.54. The number of benzene rings is 1. The van der Waals surface area contributed by atoms with Gasteiger partial charge in [0.25, 0.3) is 0 Å². The summed E-state index contributed by atoms with van der Waals surface area (Å²) in [5, 5.41) is 14.6. The molecule has 0 saturated carbocycles. The molecule has 0 fully saturated rings. The summed E-state index contributed by atoms with van der Waals surface area (Å²) < 4.78 is 3.92. The van der Waals surface area contributed by atoms with Crippen molar-refractivity contribution >= 4 is 23.4 Å². The average Bonchev–Trinajstić information content (AvgIpc) is 3.21. The van der Waals surface area contributed by atoms with Gasteiger partial charge in [-0.2, -0.15) is 5.10 Å². The van der Waals surface area contributed by atoms with Crippen molar-refractivity contribution in [3.05, 3.63) is 59.9 Å². The number of allylic oxidation sites excluding steroid dienone is 1. The van der Waals surface area contributed by atoms with Gasteiger partial charge in [-0.15, -0.1) is 16.8 Å². The van der Waals surface area contributed by atoms with Crippen molar-refractivity contribution in [1.82, 2.24) is 24.5 Å². The lowest BCUT2D eigenvalue weighted by atomic mass is 10.2. The van der Waals surface area contributed by atoms with Gasteiger partial charge < -0.3 is 0 Å². The predicted octanol–water partition coefficient (Wildman–Crippen LogP) is 4.29. The second-order valence-corrected chi connectivity index (χ2v) is 6.52. The van der Waals surface area contributed by atoms with E-state index >= 15 is 0 Å². The molecule has 0 unspecified atom stereocenters. The van der Waals surface area contributed by atoms with E-state index in [-0.39, 0.29) is 0 Å². The van der Waals surface area contributed by atoms with Gasteiger partial charge >= 0.3 is 0 Å². The van der Waals surface area contributed by atoms with Gasteiger partial charge in [0.05, 0.1) is 11.8 Å². The highest BCUT2D eigenvalue weighted by Crippen LogP contribution is 2.28. The standard InChI is InChI=1S/C17H18ClN5S/c1-3-9-23-16(14-10-19-22(4-2)11-14)20-21-17(23)24-12-13-7-5-6-8-15(13)18/h3,5-8,10-11H,1,4,9,12H2,2H3. The molecular weight excluding hydrogens is 342 g/mol. The summed E-state index contributed by atoms with van der Waals surface area (Å²) in [5.41, 5.74) is 2.04. The van der Waals surface area contributed by atoms with E-state index in [1.54, 1.807) is 11.8 Å². The number of rotatable bonds is 7. The molecule has 0 radical (unpaired) electrons. The van der Waals surface area contributed by atoms with E-state index in [0.717, 1.165) is 39.4 Å². The van der Waals surface area contributed by atoms with Gasteiger partial charge in [-0.1, -0.05) is 47.6 Å². The molecule has 0 spiro atoms. The third-order valence-electron chi connectivity index (χ3n) is 3.56. The van der Waals surface area contributed by atoms with Crippen molar-refractivity contribution in [2.45, 2.75) is 30.9 Å². The lowest BCUT2D eigenvalue weighted by molar-refractivity contribution is 0.660. The summed E-state index contributed by atoms with van der Waals surface area (Å²) in [6, 6.07) is 7.84. The second-order valence-electron chi connectivity index (χ2n) is 5.17. The van der Waals surface area contributed by atoms with Gasteiger partial charge in [-0.3, -0.25) is 9.25 Å². The molecule has 0 bridgehead atoms. The molecule has 0 aliphatic rings. The number of halogens is 1. The Hall–Kier alpha value is -2.05. The third-order valence-corrected chi connectivity index (χ3v) is 4.94.